The predicted octanol–water partition coefficient (Wildman–Crippen LogP) is 2.32. The Balaban J connectivity index is 1.97. The van der Waals surface area contributed by atoms with E-state index in [1.54, 1.807) is 0 Å². The average Bonchev–Trinajstić information content (AvgIpc) is 2.98. The number of amides is 1. The van der Waals surface area contributed by atoms with Gasteiger partial charge in [-0.3, -0.25) is 4.79 Å². The molecule has 20 heavy (non-hydrogen) atoms. The molecule has 3 nitrogen and oxygen atoms in total. The molecule has 0 radical (unpaired) electrons. The summed E-state index contributed by atoms with van der Waals surface area (Å²) in [6.45, 7) is 2.01. The molecule has 3 atom stereocenters. The summed E-state index contributed by atoms with van der Waals surface area (Å²) in [5.41, 5.74) is -2.23. The minimum Gasteiger partial charge on any atom is -0.353 e. The summed E-state index contributed by atoms with van der Waals surface area (Å²) < 4.78 is 39.7. The van der Waals surface area contributed by atoms with Crippen LogP contribution in [0.5, 0.6) is 0 Å². The fraction of sp³-hybridized carbons (Fsp3) is 0.923. The molecule has 2 rings (SSSR count). The van der Waals surface area contributed by atoms with Gasteiger partial charge in [0.15, 0.2) is 5.41 Å². The zero-order valence-corrected chi connectivity index (χ0v) is 12.4. The van der Waals surface area contributed by atoms with Crippen molar-refractivity contribution in [3.63, 3.8) is 0 Å². The highest BCUT2D eigenvalue weighted by atomic mass is 32.2. The molecule has 7 heteroatoms. The summed E-state index contributed by atoms with van der Waals surface area (Å²) in [5.74, 6) is 0.156. The van der Waals surface area contributed by atoms with Crippen LogP contribution >= 0.6 is 11.8 Å². The molecule has 0 aromatic carbocycles. The van der Waals surface area contributed by atoms with Crippen LogP contribution in [-0.4, -0.2) is 42.2 Å². The van der Waals surface area contributed by atoms with Gasteiger partial charge in [-0.1, -0.05) is 6.92 Å². The van der Waals surface area contributed by atoms with E-state index in [9.17, 15) is 18.0 Å². The number of hydrogen-bond donors (Lipinski definition) is 2. The van der Waals surface area contributed by atoms with Crippen LogP contribution in [-0.2, 0) is 4.79 Å². The Labute approximate surface area is 121 Å². The number of carbonyl (C=O) groups excluding carboxylic acids is 1. The first-order chi connectivity index (χ1) is 9.39. The lowest BCUT2D eigenvalue weighted by Crippen LogP contribution is -2.54. The molecule has 0 aromatic rings. The summed E-state index contributed by atoms with van der Waals surface area (Å²) in [7, 11) is 0. The van der Waals surface area contributed by atoms with Gasteiger partial charge in [-0.2, -0.15) is 24.9 Å². The van der Waals surface area contributed by atoms with Gasteiger partial charge < -0.3 is 10.6 Å². The van der Waals surface area contributed by atoms with Crippen molar-refractivity contribution in [3.05, 3.63) is 0 Å². The molecule has 2 fully saturated rings. The highest BCUT2D eigenvalue weighted by Gasteiger charge is 2.61. The maximum Gasteiger partial charge on any atom is 0.404 e. The second-order valence-corrected chi connectivity index (χ2v) is 7.14. The number of alkyl halides is 3. The van der Waals surface area contributed by atoms with Crippen molar-refractivity contribution in [1.29, 1.82) is 0 Å². The van der Waals surface area contributed by atoms with Crippen LogP contribution in [0, 0.1) is 5.41 Å². The van der Waals surface area contributed by atoms with E-state index < -0.39 is 17.5 Å². The molecule has 2 N–H and O–H groups in total. The van der Waals surface area contributed by atoms with Crippen LogP contribution in [0.2, 0.25) is 0 Å². The van der Waals surface area contributed by atoms with Crippen molar-refractivity contribution in [2.75, 3.05) is 18.8 Å². The minimum absolute atomic E-state index is 0.105. The van der Waals surface area contributed by atoms with Crippen LogP contribution in [0.25, 0.3) is 0 Å². The molecule has 0 spiro atoms. The van der Waals surface area contributed by atoms with Gasteiger partial charge in [-0.15, -0.1) is 0 Å². The fourth-order valence-electron chi connectivity index (χ4n) is 3.04. The van der Waals surface area contributed by atoms with E-state index in [0.717, 1.165) is 25.0 Å². The molecule has 1 saturated heterocycles. The molecule has 1 aliphatic heterocycles. The largest absolute Gasteiger partial charge is 0.404 e. The zero-order valence-electron chi connectivity index (χ0n) is 11.6. The normalized spacial score (nSPS) is 34.4. The Morgan fingerprint density at radius 2 is 2.20 bits per heavy atom. The minimum atomic E-state index is -4.49. The summed E-state index contributed by atoms with van der Waals surface area (Å²) >= 11 is 1.82. The first-order valence-electron chi connectivity index (χ1n) is 7.09. The number of rotatable bonds is 4. The lowest BCUT2D eigenvalue weighted by atomic mass is 9.85. The lowest BCUT2D eigenvalue weighted by molar-refractivity contribution is -0.216. The quantitative estimate of drug-likeness (QED) is 0.837. The summed E-state index contributed by atoms with van der Waals surface area (Å²) in [5, 5.41) is 5.78. The van der Waals surface area contributed by atoms with Crippen LogP contribution in [0.3, 0.4) is 0 Å². The molecule has 3 unspecified atom stereocenters. The standard InChI is InChI=1S/C13H21F3N2OS/c1-2-20-10-4-3-9(7-10)18-11(19)12(13(14,15)16)5-6-17-8-12/h9-10,17H,2-8H2,1H3,(H,18,19). The van der Waals surface area contributed by atoms with Crippen LogP contribution in [0.4, 0.5) is 13.2 Å². The molecule has 1 aliphatic carbocycles. The number of hydrogen-bond acceptors (Lipinski definition) is 3. The van der Waals surface area contributed by atoms with Gasteiger partial charge in [0.2, 0.25) is 5.91 Å². The molecular weight excluding hydrogens is 289 g/mol. The van der Waals surface area contributed by atoms with E-state index in [2.05, 4.69) is 17.6 Å². The molecule has 1 heterocycles. The summed E-state index contributed by atoms with van der Waals surface area (Å²) in [4.78, 5) is 12.2. The van der Waals surface area contributed by atoms with Crippen LogP contribution < -0.4 is 10.6 Å². The van der Waals surface area contributed by atoms with Crippen LogP contribution in [0.1, 0.15) is 32.6 Å². The molecule has 116 valence electrons. The van der Waals surface area contributed by atoms with E-state index >= 15 is 0 Å². The zero-order chi connectivity index (χ0) is 14.8. The first-order valence-corrected chi connectivity index (χ1v) is 8.14. The van der Waals surface area contributed by atoms with Crippen molar-refractivity contribution in [2.24, 2.45) is 5.41 Å². The van der Waals surface area contributed by atoms with Crippen molar-refractivity contribution >= 4 is 17.7 Å². The molecule has 2 aliphatic rings. The first kappa shape index (κ1) is 15.9. The second-order valence-electron chi connectivity index (χ2n) is 5.57. The van der Waals surface area contributed by atoms with E-state index in [4.69, 9.17) is 0 Å². The third-order valence-corrected chi connectivity index (χ3v) is 5.49. The van der Waals surface area contributed by atoms with Gasteiger partial charge in [-0.25, -0.2) is 0 Å². The topological polar surface area (TPSA) is 41.1 Å². The Bertz CT molecular complexity index is 356. The molecule has 1 amide bonds. The third kappa shape index (κ3) is 3.08. The van der Waals surface area contributed by atoms with Crippen LogP contribution in [0.15, 0.2) is 0 Å². The maximum atomic E-state index is 13.2. The van der Waals surface area contributed by atoms with Crippen molar-refractivity contribution in [1.82, 2.24) is 10.6 Å². The van der Waals surface area contributed by atoms with Gasteiger partial charge in [0.25, 0.3) is 0 Å². The molecule has 1 saturated carbocycles. The average molecular weight is 310 g/mol. The SMILES string of the molecule is CCSC1CCC(NC(=O)C2(C(F)(F)F)CCNC2)C1. The number of carbonyl (C=O) groups is 1. The number of nitrogens with one attached hydrogen (secondary N) is 2. The summed E-state index contributed by atoms with van der Waals surface area (Å²) in [6, 6.07) is -0.105. The third-order valence-electron chi connectivity index (χ3n) is 4.25. The molecule has 0 bridgehead atoms. The van der Waals surface area contributed by atoms with Gasteiger partial charge in [-0.05, 0) is 38.0 Å². The Morgan fingerprint density at radius 1 is 1.45 bits per heavy atom. The predicted molar refractivity (Wildman–Crippen MR) is 73.7 cm³/mol. The number of thioether (sulfide) groups is 1. The number of halogens is 3. The van der Waals surface area contributed by atoms with Crippen molar-refractivity contribution in [3.8, 4) is 0 Å². The van der Waals surface area contributed by atoms with Gasteiger partial charge >= 0.3 is 6.18 Å². The van der Waals surface area contributed by atoms with Gasteiger partial charge in [0.1, 0.15) is 0 Å². The molecule has 0 aromatic heterocycles. The van der Waals surface area contributed by atoms with E-state index in [-0.39, 0.29) is 25.6 Å². The van der Waals surface area contributed by atoms with E-state index in [1.807, 2.05) is 11.8 Å². The smallest absolute Gasteiger partial charge is 0.353 e. The van der Waals surface area contributed by atoms with E-state index in [0.29, 0.717) is 5.25 Å². The highest BCUT2D eigenvalue weighted by molar-refractivity contribution is 7.99. The van der Waals surface area contributed by atoms with Crippen molar-refractivity contribution in [2.45, 2.75) is 50.1 Å². The Hall–Kier alpha value is -0.430. The van der Waals surface area contributed by atoms with E-state index in [1.165, 1.54) is 0 Å². The van der Waals surface area contributed by atoms with Gasteiger partial charge in [0, 0.05) is 17.8 Å². The molecular formula is C13H21F3N2OS. The highest BCUT2D eigenvalue weighted by Crippen LogP contribution is 2.43. The second kappa shape index (κ2) is 6.13. The Morgan fingerprint density at radius 3 is 2.75 bits per heavy atom. The van der Waals surface area contributed by atoms with Crippen molar-refractivity contribution < 1.29 is 18.0 Å². The summed E-state index contributed by atoms with van der Waals surface area (Å²) in [6.07, 6.45) is -2.12. The van der Waals surface area contributed by atoms with Gasteiger partial charge in [0.05, 0.1) is 0 Å². The maximum absolute atomic E-state index is 13.2. The monoisotopic (exact) mass is 310 g/mol. The lowest BCUT2D eigenvalue weighted by Gasteiger charge is -2.30. The Kier molecular flexibility index (Phi) is 4.89. The fourth-order valence-corrected chi connectivity index (χ4v) is 4.18.